The first-order chi connectivity index (χ1) is 9.13. The van der Waals surface area contributed by atoms with Gasteiger partial charge < -0.3 is 10.2 Å². The van der Waals surface area contributed by atoms with E-state index < -0.39 is 0 Å². The maximum atomic E-state index is 13.8. The molecule has 1 aromatic carbocycles. The van der Waals surface area contributed by atoms with E-state index in [-0.39, 0.29) is 11.9 Å². The van der Waals surface area contributed by atoms with Crippen LogP contribution in [0.1, 0.15) is 37.8 Å². The van der Waals surface area contributed by atoms with E-state index in [2.05, 4.69) is 24.2 Å². The number of hydrogen-bond acceptors (Lipinski definition) is 2. The van der Waals surface area contributed by atoms with Crippen LogP contribution in [0.5, 0.6) is 0 Å². The van der Waals surface area contributed by atoms with Crippen molar-refractivity contribution in [3.8, 4) is 0 Å². The zero-order valence-electron chi connectivity index (χ0n) is 12.2. The molecule has 2 nitrogen and oxygen atoms in total. The Kier molecular flexibility index (Phi) is 4.94. The second-order valence-corrected chi connectivity index (χ2v) is 5.71. The predicted molar refractivity (Wildman–Crippen MR) is 77.6 cm³/mol. The molecule has 1 saturated carbocycles. The van der Waals surface area contributed by atoms with Crippen LogP contribution in [0.2, 0.25) is 0 Å². The average molecular weight is 264 g/mol. The van der Waals surface area contributed by atoms with E-state index in [0.29, 0.717) is 6.04 Å². The van der Waals surface area contributed by atoms with Gasteiger partial charge in [0.05, 0.1) is 0 Å². The highest BCUT2D eigenvalue weighted by molar-refractivity contribution is 5.21. The summed E-state index contributed by atoms with van der Waals surface area (Å²) >= 11 is 0. The van der Waals surface area contributed by atoms with Gasteiger partial charge in [0.1, 0.15) is 5.82 Å². The molecule has 3 heteroatoms. The van der Waals surface area contributed by atoms with Gasteiger partial charge in [-0.15, -0.1) is 0 Å². The van der Waals surface area contributed by atoms with Crippen LogP contribution in [-0.2, 0) is 0 Å². The van der Waals surface area contributed by atoms with E-state index in [1.807, 2.05) is 19.2 Å². The molecule has 1 aromatic rings. The highest BCUT2D eigenvalue weighted by atomic mass is 19.1. The Morgan fingerprint density at radius 3 is 2.63 bits per heavy atom. The van der Waals surface area contributed by atoms with E-state index in [4.69, 9.17) is 0 Å². The molecule has 1 fully saturated rings. The van der Waals surface area contributed by atoms with Crippen molar-refractivity contribution in [1.82, 2.24) is 10.2 Å². The first-order valence-corrected chi connectivity index (χ1v) is 7.25. The predicted octanol–water partition coefficient (Wildman–Crippen LogP) is 3.21. The summed E-state index contributed by atoms with van der Waals surface area (Å²) in [7, 11) is 4.08. The fraction of sp³-hybridized carbons (Fsp3) is 0.625. The van der Waals surface area contributed by atoms with Crippen LogP contribution < -0.4 is 5.32 Å². The van der Waals surface area contributed by atoms with Crippen molar-refractivity contribution in [2.24, 2.45) is 5.92 Å². The molecule has 1 aliphatic carbocycles. The van der Waals surface area contributed by atoms with Crippen molar-refractivity contribution in [3.05, 3.63) is 35.6 Å². The molecule has 0 aromatic heterocycles. The van der Waals surface area contributed by atoms with Crippen molar-refractivity contribution in [1.29, 1.82) is 0 Å². The average Bonchev–Trinajstić information content (AvgIpc) is 3.24. The fourth-order valence-corrected chi connectivity index (χ4v) is 2.69. The fourth-order valence-electron chi connectivity index (χ4n) is 2.69. The molecule has 0 saturated heterocycles. The molecule has 0 heterocycles. The summed E-state index contributed by atoms with van der Waals surface area (Å²) < 4.78 is 13.8. The van der Waals surface area contributed by atoms with Gasteiger partial charge in [0.25, 0.3) is 0 Å². The second-order valence-electron chi connectivity index (χ2n) is 5.71. The van der Waals surface area contributed by atoms with E-state index in [9.17, 15) is 4.39 Å². The lowest BCUT2D eigenvalue weighted by atomic mass is 10.0. The van der Waals surface area contributed by atoms with E-state index in [0.717, 1.165) is 24.4 Å². The highest BCUT2D eigenvalue weighted by Gasteiger charge is 2.30. The maximum absolute atomic E-state index is 13.8. The first kappa shape index (κ1) is 14.5. The van der Waals surface area contributed by atoms with Gasteiger partial charge in [-0.3, -0.25) is 0 Å². The molecular formula is C16H25FN2. The molecule has 0 bridgehead atoms. The monoisotopic (exact) mass is 264 g/mol. The number of nitrogens with zero attached hydrogens (tertiary/aromatic N) is 1. The summed E-state index contributed by atoms with van der Waals surface area (Å²) in [5.41, 5.74) is 0.775. The second kappa shape index (κ2) is 6.49. The number of halogens is 1. The lowest BCUT2D eigenvalue weighted by Gasteiger charge is -2.27. The number of hydrogen-bond donors (Lipinski definition) is 1. The van der Waals surface area contributed by atoms with Crippen LogP contribution in [-0.4, -0.2) is 31.6 Å². The highest BCUT2D eigenvalue weighted by Crippen LogP contribution is 2.34. The summed E-state index contributed by atoms with van der Waals surface area (Å²) in [5.74, 6) is 0.770. The van der Waals surface area contributed by atoms with Gasteiger partial charge in [-0.25, -0.2) is 4.39 Å². The maximum Gasteiger partial charge on any atom is 0.127 e. The third-order valence-corrected chi connectivity index (χ3v) is 4.40. The first-order valence-electron chi connectivity index (χ1n) is 7.25. The summed E-state index contributed by atoms with van der Waals surface area (Å²) in [6.45, 7) is 3.30. The summed E-state index contributed by atoms with van der Waals surface area (Å²) in [6.07, 6.45) is 3.67. The van der Waals surface area contributed by atoms with E-state index in [1.54, 1.807) is 6.07 Å². The molecule has 0 spiro atoms. The van der Waals surface area contributed by atoms with Crippen molar-refractivity contribution < 1.29 is 4.39 Å². The Bertz CT molecular complexity index is 403. The van der Waals surface area contributed by atoms with Crippen molar-refractivity contribution in [2.45, 2.75) is 38.3 Å². The molecule has 2 unspecified atom stereocenters. The minimum Gasteiger partial charge on any atom is -0.313 e. The van der Waals surface area contributed by atoms with Gasteiger partial charge in [-0.1, -0.05) is 18.2 Å². The molecule has 2 atom stereocenters. The third-order valence-electron chi connectivity index (χ3n) is 4.40. The van der Waals surface area contributed by atoms with Crippen LogP contribution >= 0.6 is 0 Å². The lowest BCUT2D eigenvalue weighted by molar-refractivity contribution is 0.222. The third kappa shape index (κ3) is 3.77. The standard InChI is InChI=1S/C16H25FN2/c1-12(13-8-9-13)19(3)11-10-16(18-2)14-6-4-5-7-15(14)17/h4-7,12-13,16,18H,8-11H2,1-3H3. The van der Waals surface area contributed by atoms with E-state index >= 15 is 0 Å². The van der Waals surface area contributed by atoms with Gasteiger partial charge >= 0.3 is 0 Å². The van der Waals surface area contributed by atoms with Gasteiger partial charge in [-0.2, -0.15) is 0 Å². The zero-order chi connectivity index (χ0) is 13.8. The molecule has 2 rings (SSSR count). The number of benzene rings is 1. The summed E-state index contributed by atoms with van der Waals surface area (Å²) in [5, 5.41) is 3.23. The normalized spacial score (nSPS) is 18.6. The Labute approximate surface area is 116 Å². The van der Waals surface area contributed by atoms with Gasteiger partial charge in [0.15, 0.2) is 0 Å². The van der Waals surface area contributed by atoms with Gasteiger partial charge in [0, 0.05) is 17.6 Å². The number of rotatable bonds is 7. The van der Waals surface area contributed by atoms with Crippen LogP contribution in [0.25, 0.3) is 0 Å². The minimum absolute atomic E-state index is 0.0926. The van der Waals surface area contributed by atoms with Crippen LogP contribution in [0, 0.1) is 11.7 Å². The number of nitrogens with one attached hydrogen (secondary N) is 1. The molecule has 0 amide bonds. The van der Waals surface area contributed by atoms with E-state index in [1.165, 1.54) is 18.9 Å². The van der Waals surface area contributed by atoms with Gasteiger partial charge in [-0.05, 0) is 58.8 Å². The largest absolute Gasteiger partial charge is 0.313 e. The van der Waals surface area contributed by atoms with Crippen molar-refractivity contribution in [2.75, 3.05) is 20.6 Å². The minimum atomic E-state index is -0.111. The Hall–Kier alpha value is -0.930. The summed E-state index contributed by atoms with van der Waals surface area (Å²) in [6, 6.07) is 7.80. The SMILES string of the molecule is CNC(CCN(C)C(C)C1CC1)c1ccccc1F. The van der Waals surface area contributed by atoms with Gasteiger partial charge in [0.2, 0.25) is 0 Å². The van der Waals surface area contributed by atoms with Crippen LogP contribution in [0.3, 0.4) is 0 Å². The molecule has 1 N–H and O–H groups in total. The molecular weight excluding hydrogens is 239 g/mol. The Morgan fingerprint density at radius 2 is 2.05 bits per heavy atom. The van der Waals surface area contributed by atoms with Crippen molar-refractivity contribution in [3.63, 3.8) is 0 Å². The molecule has 1 aliphatic rings. The molecule has 19 heavy (non-hydrogen) atoms. The zero-order valence-corrected chi connectivity index (χ0v) is 12.2. The molecule has 106 valence electrons. The quantitative estimate of drug-likeness (QED) is 0.813. The molecule has 0 aliphatic heterocycles. The van der Waals surface area contributed by atoms with Crippen LogP contribution in [0.4, 0.5) is 4.39 Å². The Balaban J connectivity index is 1.90. The lowest BCUT2D eigenvalue weighted by Crippen LogP contribution is -2.33. The molecule has 0 radical (unpaired) electrons. The Morgan fingerprint density at radius 1 is 1.37 bits per heavy atom. The topological polar surface area (TPSA) is 15.3 Å². The summed E-state index contributed by atoms with van der Waals surface area (Å²) in [4.78, 5) is 2.41. The van der Waals surface area contributed by atoms with Crippen molar-refractivity contribution >= 4 is 0 Å². The smallest absolute Gasteiger partial charge is 0.127 e. The van der Waals surface area contributed by atoms with Crippen LogP contribution in [0.15, 0.2) is 24.3 Å².